The van der Waals surface area contributed by atoms with Crippen LogP contribution in [0.4, 0.5) is 0 Å². The molecule has 0 saturated carbocycles. The molecule has 1 saturated heterocycles. The molecule has 1 aromatic carbocycles. The van der Waals surface area contributed by atoms with E-state index in [1.54, 1.807) is 18.2 Å². The molecule has 1 aliphatic rings. The highest BCUT2D eigenvalue weighted by atomic mass is 16.5. The van der Waals surface area contributed by atoms with Crippen LogP contribution in [-0.4, -0.2) is 50.0 Å². The molecule has 0 spiro atoms. The second-order valence-electron chi connectivity index (χ2n) is 5.65. The minimum atomic E-state index is -1.02. The predicted molar refractivity (Wildman–Crippen MR) is 84.5 cm³/mol. The average molecular weight is 321 g/mol. The molecule has 0 bridgehead atoms. The van der Waals surface area contributed by atoms with E-state index in [2.05, 4.69) is 5.32 Å². The monoisotopic (exact) mass is 321 g/mol. The maximum atomic E-state index is 11.9. The molecule has 23 heavy (non-hydrogen) atoms. The van der Waals surface area contributed by atoms with Gasteiger partial charge >= 0.3 is 5.97 Å². The van der Waals surface area contributed by atoms with Crippen LogP contribution in [-0.2, 0) is 20.7 Å². The summed E-state index contributed by atoms with van der Waals surface area (Å²) in [5, 5.41) is 11.9. The van der Waals surface area contributed by atoms with Crippen molar-refractivity contribution in [3.63, 3.8) is 0 Å². The van der Waals surface area contributed by atoms with Crippen molar-refractivity contribution in [2.75, 3.05) is 33.0 Å². The highest BCUT2D eigenvalue weighted by Gasteiger charge is 2.15. The molecular formula is C17H23NO5. The lowest BCUT2D eigenvalue weighted by molar-refractivity contribution is -0.120. The van der Waals surface area contributed by atoms with Crippen LogP contribution in [0.25, 0.3) is 0 Å². The molecule has 2 N–H and O–H groups in total. The van der Waals surface area contributed by atoms with E-state index in [-0.39, 0.29) is 17.9 Å². The molecule has 1 heterocycles. The third kappa shape index (κ3) is 6.00. The summed E-state index contributed by atoms with van der Waals surface area (Å²) in [5.74, 6) is -0.697. The van der Waals surface area contributed by atoms with Crippen molar-refractivity contribution in [3.05, 3.63) is 35.4 Å². The summed E-state index contributed by atoms with van der Waals surface area (Å²) < 4.78 is 10.8. The van der Waals surface area contributed by atoms with Gasteiger partial charge in [0, 0.05) is 25.7 Å². The van der Waals surface area contributed by atoms with Crippen LogP contribution in [0.5, 0.6) is 0 Å². The lowest BCUT2D eigenvalue weighted by Gasteiger charge is -2.10. The first-order valence-electron chi connectivity index (χ1n) is 7.90. The summed E-state index contributed by atoms with van der Waals surface area (Å²) >= 11 is 0. The van der Waals surface area contributed by atoms with E-state index in [0.29, 0.717) is 31.2 Å². The molecule has 126 valence electrons. The molecule has 6 nitrogen and oxygen atoms in total. The van der Waals surface area contributed by atoms with Gasteiger partial charge in [0.15, 0.2) is 0 Å². The third-order valence-corrected chi connectivity index (χ3v) is 3.76. The lowest BCUT2D eigenvalue weighted by Crippen LogP contribution is -2.27. The first-order valence-corrected chi connectivity index (χ1v) is 7.90. The van der Waals surface area contributed by atoms with E-state index in [9.17, 15) is 9.59 Å². The average Bonchev–Trinajstić information content (AvgIpc) is 3.04. The van der Waals surface area contributed by atoms with Gasteiger partial charge in [-0.3, -0.25) is 4.79 Å². The molecule has 1 fully saturated rings. The molecule has 0 radical (unpaired) electrons. The summed E-state index contributed by atoms with van der Waals surface area (Å²) in [7, 11) is 0. The largest absolute Gasteiger partial charge is 0.478 e. The quantitative estimate of drug-likeness (QED) is 0.673. The number of nitrogens with one attached hydrogen (secondary N) is 1. The summed E-state index contributed by atoms with van der Waals surface area (Å²) in [4.78, 5) is 23.0. The number of carboxylic acids is 1. The van der Waals surface area contributed by atoms with Crippen LogP contribution in [0.1, 0.15) is 28.8 Å². The van der Waals surface area contributed by atoms with Crippen molar-refractivity contribution < 1.29 is 24.2 Å². The fourth-order valence-electron chi connectivity index (χ4n) is 2.49. The normalized spacial score (nSPS) is 17.1. The molecule has 1 atom stereocenters. The van der Waals surface area contributed by atoms with E-state index >= 15 is 0 Å². The Labute approximate surface area is 135 Å². The highest BCUT2D eigenvalue weighted by molar-refractivity contribution is 5.91. The fourth-order valence-corrected chi connectivity index (χ4v) is 2.49. The zero-order valence-corrected chi connectivity index (χ0v) is 13.1. The van der Waals surface area contributed by atoms with Gasteiger partial charge in [0.2, 0.25) is 5.91 Å². The van der Waals surface area contributed by atoms with Gasteiger partial charge in [-0.15, -0.1) is 0 Å². The Morgan fingerprint density at radius 2 is 2.17 bits per heavy atom. The lowest BCUT2D eigenvalue weighted by atomic mass is 10.0. The third-order valence-electron chi connectivity index (χ3n) is 3.76. The van der Waals surface area contributed by atoms with Crippen molar-refractivity contribution in [2.45, 2.75) is 19.3 Å². The van der Waals surface area contributed by atoms with Gasteiger partial charge in [-0.05, 0) is 24.5 Å². The van der Waals surface area contributed by atoms with Gasteiger partial charge in [-0.25, -0.2) is 4.79 Å². The predicted octanol–water partition coefficient (Wildman–Crippen LogP) is 1.49. The van der Waals surface area contributed by atoms with Crippen molar-refractivity contribution in [2.24, 2.45) is 5.92 Å². The zero-order chi connectivity index (χ0) is 16.5. The number of hydrogen-bond donors (Lipinski definition) is 2. The second kappa shape index (κ2) is 9.27. The molecule has 1 aliphatic heterocycles. The number of rotatable bonds is 9. The van der Waals surface area contributed by atoms with E-state index in [4.69, 9.17) is 14.6 Å². The minimum absolute atomic E-state index is 0.0722. The Hall–Kier alpha value is -1.92. The first kappa shape index (κ1) is 17.4. The molecule has 1 aromatic rings. The van der Waals surface area contributed by atoms with Crippen molar-refractivity contribution in [1.82, 2.24) is 5.32 Å². The molecule has 1 unspecified atom stereocenters. The summed E-state index contributed by atoms with van der Waals surface area (Å²) in [5.41, 5.74) is 0.694. The SMILES string of the molecule is O=C(Cc1ccccc1C(=O)O)NCCCOCC1CCOC1. The Morgan fingerprint density at radius 3 is 2.91 bits per heavy atom. The zero-order valence-electron chi connectivity index (χ0n) is 13.1. The number of carbonyl (C=O) groups excluding carboxylic acids is 1. The van der Waals surface area contributed by atoms with E-state index in [1.165, 1.54) is 6.07 Å². The number of benzene rings is 1. The van der Waals surface area contributed by atoms with Gasteiger partial charge in [-0.1, -0.05) is 18.2 Å². The van der Waals surface area contributed by atoms with Gasteiger partial charge < -0.3 is 19.9 Å². The maximum Gasteiger partial charge on any atom is 0.335 e. The number of ether oxygens (including phenoxy) is 2. The van der Waals surface area contributed by atoms with E-state index < -0.39 is 5.97 Å². The Balaban J connectivity index is 1.61. The van der Waals surface area contributed by atoms with Crippen LogP contribution in [0.3, 0.4) is 0 Å². The Morgan fingerprint density at radius 1 is 1.35 bits per heavy atom. The molecule has 6 heteroatoms. The Bertz CT molecular complexity index is 525. The van der Waals surface area contributed by atoms with E-state index in [0.717, 1.165) is 26.1 Å². The van der Waals surface area contributed by atoms with Crippen molar-refractivity contribution in [1.29, 1.82) is 0 Å². The van der Waals surface area contributed by atoms with Gasteiger partial charge in [0.1, 0.15) is 0 Å². The molecule has 1 amide bonds. The van der Waals surface area contributed by atoms with Gasteiger partial charge in [0.25, 0.3) is 0 Å². The fraction of sp³-hybridized carbons (Fsp3) is 0.529. The highest BCUT2D eigenvalue weighted by Crippen LogP contribution is 2.12. The van der Waals surface area contributed by atoms with Crippen LogP contribution >= 0.6 is 0 Å². The standard InChI is InChI=1S/C17H23NO5/c19-16(10-14-4-1-2-5-15(14)17(20)21)18-7-3-8-22-11-13-6-9-23-12-13/h1-2,4-5,13H,3,6-12H2,(H,18,19)(H,20,21). The summed E-state index contributed by atoms with van der Waals surface area (Å²) in [6, 6.07) is 6.55. The second-order valence-corrected chi connectivity index (χ2v) is 5.65. The number of aromatic carboxylic acids is 1. The number of carboxylic acid groups (broad SMARTS) is 1. The summed E-state index contributed by atoms with van der Waals surface area (Å²) in [6.07, 6.45) is 1.86. The van der Waals surface area contributed by atoms with Crippen molar-refractivity contribution in [3.8, 4) is 0 Å². The first-order chi connectivity index (χ1) is 11.2. The van der Waals surface area contributed by atoms with Gasteiger partial charge in [0.05, 0.1) is 25.2 Å². The van der Waals surface area contributed by atoms with Crippen LogP contribution in [0.2, 0.25) is 0 Å². The molecular weight excluding hydrogens is 298 g/mol. The molecule has 0 aromatic heterocycles. The van der Waals surface area contributed by atoms with Gasteiger partial charge in [-0.2, -0.15) is 0 Å². The van der Waals surface area contributed by atoms with Crippen molar-refractivity contribution >= 4 is 11.9 Å². The van der Waals surface area contributed by atoms with Crippen LogP contribution in [0, 0.1) is 5.92 Å². The number of hydrogen-bond acceptors (Lipinski definition) is 4. The minimum Gasteiger partial charge on any atom is -0.478 e. The van der Waals surface area contributed by atoms with E-state index in [1.807, 2.05) is 0 Å². The number of amides is 1. The topological polar surface area (TPSA) is 84.9 Å². The smallest absolute Gasteiger partial charge is 0.335 e. The van der Waals surface area contributed by atoms with Crippen LogP contribution in [0.15, 0.2) is 24.3 Å². The Kier molecular flexibility index (Phi) is 7.03. The maximum absolute atomic E-state index is 11.9. The van der Waals surface area contributed by atoms with Crippen LogP contribution < -0.4 is 5.32 Å². The molecule has 2 rings (SSSR count). The molecule has 0 aliphatic carbocycles. The number of carbonyl (C=O) groups is 2. The summed E-state index contributed by atoms with van der Waals surface area (Å²) in [6.45, 7) is 3.43.